The van der Waals surface area contributed by atoms with E-state index >= 15 is 0 Å². The zero-order valence-corrected chi connectivity index (χ0v) is 22.7. The summed E-state index contributed by atoms with van der Waals surface area (Å²) in [6, 6.07) is 15.4. The van der Waals surface area contributed by atoms with Gasteiger partial charge in [0.1, 0.15) is 17.6 Å². The highest BCUT2D eigenvalue weighted by molar-refractivity contribution is 6.30. The Balaban J connectivity index is 1.45. The van der Waals surface area contributed by atoms with Crippen molar-refractivity contribution in [2.24, 2.45) is 15.8 Å². The molecule has 0 spiro atoms. The van der Waals surface area contributed by atoms with Crippen LogP contribution in [0.5, 0.6) is 11.5 Å². The Morgan fingerprint density at radius 3 is 2.69 bits per heavy atom. The number of amidine groups is 1. The van der Waals surface area contributed by atoms with Gasteiger partial charge in [-0.2, -0.15) is 0 Å². The topological polar surface area (TPSA) is 122 Å². The lowest BCUT2D eigenvalue weighted by Gasteiger charge is -2.26. The van der Waals surface area contributed by atoms with Gasteiger partial charge in [-0.15, -0.1) is 5.11 Å². The van der Waals surface area contributed by atoms with Crippen molar-refractivity contribution >= 4 is 23.4 Å². The molecule has 10 nitrogen and oxygen atoms in total. The number of para-hydroxylation sites is 1. The molecule has 11 heteroatoms. The van der Waals surface area contributed by atoms with E-state index in [9.17, 15) is 9.90 Å². The Hall–Kier alpha value is -3.89. The minimum Gasteiger partial charge on any atom is -0.493 e. The minimum atomic E-state index is -1.19. The molecule has 204 valence electrons. The number of carbonyl (C=O) groups is 1. The van der Waals surface area contributed by atoms with E-state index in [0.717, 1.165) is 22.5 Å². The van der Waals surface area contributed by atoms with Crippen LogP contribution < -0.4 is 9.47 Å². The molecule has 5 rings (SSSR count). The molecule has 1 aromatic heterocycles. The van der Waals surface area contributed by atoms with E-state index in [1.54, 1.807) is 26.3 Å². The zero-order valence-electron chi connectivity index (χ0n) is 21.9. The number of carboxylic acids is 1. The highest BCUT2D eigenvalue weighted by Crippen LogP contribution is 2.48. The number of benzene rings is 2. The van der Waals surface area contributed by atoms with Gasteiger partial charge in [0.15, 0.2) is 17.3 Å². The number of nitrogens with zero attached hydrogens (tertiary/aromatic N) is 4. The van der Waals surface area contributed by atoms with E-state index in [1.807, 2.05) is 54.7 Å². The van der Waals surface area contributed by atoms with Gasteiger partial charge >= 0.3 is 5.97 Å². The summed E-state index contributed by atoms with van der Waals surface area (Å²) in [6.07, 6.45) is 2.50. The molecule has 1 aliphatic carbocycles. The molecule has 39 heavy (non-hydrogen) atoms. The molecule has 2 heterocycles. The predicted octanol–water partition coefficient (Wildman–Crippen LogP) is 5.84. The van der Waals surface area contributed by atoms with Gasteiger partial charge in [0.2, 0.25) is 0 Å². The first-order valence-electron chi connectivity index (χ1n) is 12.6. The lowest BCUT2D eigenvalue weighted by Crippen LogP contribution is -2.24. The molecule has 2 atom stereocenters. The molecular weight excluding hydrogens is 522 g/mol. The van der Waals surface area contributed by atoms with Crippen LogP contribution in [0.4, 0.5) is 0 Å². The summed E-state index contributed by atoms with van der Waals surface area (Å²) in [5.41, 5.74) is 2.41. The standard InChI is InChI=1S/C28H30ClN5O5/c1-33(32-31-26(30)28(12-13-28)27(35)36)15-11-22-21-7-5-14-34(21)20-10-9-17(29)16-19(20)24(39-22)18-6-4-8-23(37-2)25(18)38-3/h4-10,14,16,22,24,30H,11-13,15H2,1-3H3,(H,35,36)/t22-,24-/m1/s1. The Morgan fingerprint density at radius 1 is 1.21 bits per heavy atom. The molecule has 1 aliphatic heterocycles. The van der Waals surface area contributed by atoms with Crippen molar-refractivity contribution < 1.29 is 24.1 Å². The predicted molar refractivity (Wildman–Crippen MR) is 145 cm³/mol. The summed E-state index contributed by atoms with van der Waals surface area (Å²) < 4.78 is 20.3. The number of hydrogen-bond donors (Lipinski definition) is 2. The van der Waals surface area contributed by atoms with Crippen molar-refractivity contribution in [1.29, 1.82) is 5.41 Å². The summed E-state index contributed by atoms with van der Waals surface area (Å²) in [6.45, 7) is 0.450. The molecule has 0 radical (unpaired) electrons. The molecule has 2 aliphatic rings. The Morgan fingerprint density at radius 2 is 2.00 bits per heavy atom. The summed E-state index contributed by atoms with van der Waals surface area (Å²) in [5, 5.41) is 27.6. The van der Waals surface area contributed by atoms with E-state index in [-0.39, 0.29) is 11.9 Å². The molecule has 0 amide bonds. The van der Waals surface area contributed by atoms with Gasteiger partial charge in [0, 0.05) is 35.9 Å². The number of rotatable bonds is 9. The smallest absolute Gasteiger partial charge is 0.317 e. The van der Waals surface area contributed by atoms with Crippen LogP contribution in [0.15, 0.2) is 65.1 Å². The number of nitrogens with one attached hydrogen (secondary N) is 1. The van der Waals surface area contributed by atoms with Gasteiger partial charge in [-0.1, -0.05) is 29.0 Å². The quantitative estimate of drug-likeness (QED) is 0.149. The van der Waals surface area contributed by atoms with Gasteiger partial charge in [-0.25, -0.2) is 0 Å². The van der Waals surface area contributed by atoms with Crippen LogP contribution in [0.25, 0.3) is 5.69 Å². The minimum absolute atomic E-state index is 0.223. The molecule has 2 aromatic carbocycles. The number of hydrogen-bond acceptors (Lipinski definition) is 6. The van der Waals surface area contributed by atoms with Crippen LogP contribution in [-0.4, -0.2) is 54.3 Å². The fourth-order valence-electron chi connectivity index (χ4n) is 4.96. The molecule has 0 unspecified atom stereocenters. The number of aliphatic carboxylic acids is 1. The molecule has 1 fully saturated rings. The molecule has 3 aromatic rings. The van der Waals surface area contributed by atoms with E-state index in [2.05, 4.69) is 14.9 Å². The first-order chi connectivity index (χ1) is 18.8. The van der Waals surface area contributed by atoms with Gasteiger partial charge in [-0.05, 0) is 55.7 Å². The third kappa shape index (κ3) is 4.97. The highest BCUT2D eigenvalue weighted by Gasteiger charge is 2.55. The average molecular weight is 552 g/mol. The normalized spacial score (nSPS) is 19.1. The van der Waals surface area contributed by atoms with Crippen molar-refractivity contribution in [3.63, 3.8) is 0 Å². The largest absolute Gasteiger partial charge is 0.493 e. The summed E-state index contributed by atoms with van der Waals surface area (Å²) >= 11 is 6.47. The van der Waals surface area contributed by atoms with Crippen LogP contribution >= 0.6 is 11.6 Å². The van der Waals surface area contributed by atoms with Gasteiger partial charge in [-0.3, -0.25) is 15.2 Å². The van der Waals surface area contributed by atoms with Crippen LogP contribution in [0.2, 0.25) is 5.02 Å². The Kier molecular flexibility index (Phi) is 7.33. The molecule has 0 bridgehead atoms. The van der Waals surface area contributed by atoms with Crippen molar-refractivity contribution in [3.05, 3.63) is 76.6 Å². The highest BCUT2D eigenvalue weighted by atomic mass is 35.5. The average Bonchev–Trinajstić information content (AvgIpc) is 3.65. The number of aromatic nitrogens is 1. The van der Waals surface area contributed by atoms with Gasteiger partial charge in [0.25, 0.3) is 0 Å². The molecular formula is C28H30ClN5O5. The third-order valence-electron chi connectivity index (χ3n) is 7.28. The fraction of sp³-hybridized carbons (Fsp3) is 0.357. The van der Waals surface area contributed by atoms with Crippen molar-refractivity contribution in [2.75, 3.05) is 27.8 Å². The first kappa shape index (κ1) is 26.7. The maximum absolute atomic E-state index is 11.5. The van der Waals surface area contributed by atoms with Crippen LogP contribution in [0, 0.1) is 10.8 Å². The lowest BCUT2D eigenvalue weighted by atomic mass is 9.98. The molecule has 1 saturated carbocycles. The zero-order chi connectivity index (χ0) is 27.7. The first-order valence-corrected chi connectivity index (χ1v) is 13.0. The van der Waals surface area contributed by atoms with Crippen LogP contribution in [-0.2, 0) is 9.53 Å². The second-order valence-electron chi connectivity index (χ2n) is 9.69. The maximum Gasteiger partial charge on any atom is 0.317 e. The maximum atomic E-state index is 11.5. The second kappa shape index (κ2) is 10.7. The summed E-state index contributed by atoms with van der Waals surface area (Å²) in [7, 11) is 4.94. The number of halogens is 1. The monoisotopic (exact) mass is 551 g/mol. The Labute approximate surface area is 231 Å². The number of methoxy groups -OCH3 is 2. The SMILES string of the molecule is COc1cccc([C@H]2O[C@H](CCN(C)N=NC(=N)C3(C(=O)O)CC3)c3cccn3-c3ccc(Cl)cc32)c1OC. The van der Waals surface area contributed by atoms with E-state index < -0.39 is 17.5 Å². The van der Waals surface area contributed by atoms with Crippen molar-refractivity contribution in [3.8, 4) is 17.2 Å². The summed E-state index contributed by atoms with van der Waals surface area (Å²) in [5.74, 6) is -0.0718. The van der Waals surface area contributed by atoms with Gasteiger partial charge < -0.3 is 23.9 Å². The van der Waals surface area contributed by atoms with Crippen molar-refractivity contribution in [1.82, 2.24) is 9.58 Å². The number of carboxylic acid groups (broad SMARTS) is 1. The third-order valence-corrected chi connectivity index (χ3v) is 7.52. The lowest BCUT2D eigenvalue weighted by molar-refractivity contribution is -0.140. The van der Waals surface area contributed by atoms with Crippen molar-refractivity contribution in [2.45, 2.75) is 31.5 Å². The fourth-order valence-corrected chi connectivity index (χ4v) is 5.14. The van der Waals surface area contributed by atoms with E-state index in [1.165, 1.54) is 0 Å². The number of ether oxygens (including phenoxy) is 3. The molecule has 0 saturated heterocycles. The van der Waals surface area contributed by atoms with Gasteiger partial charge in [0.05, 0.1) is 25.6 Å². The number of fused-ring (bicyclic) bond motifs is 3. The van der Waals surface area contributed by atoms with Crippen LogP contribution in [0.3, 0.4) is 0 Å². The second-order valence-corrected chi connectivity index (χ2v) is 10.1. The van der Waals surface area contributed by atoms with E-state index in [0.29, 0.717) is 42.3 Å². The molecule has 2 N–H and O–H groups in total. The van der Waals surface area contributed by atoms with E-state index in [4.69, 9.17) is 31.2 Å². The summed E-state index contributed by atoms with van der Waals surface area (Å²) in [4.78, 5) is 11.5. The Bertz CT molecular complexity index is 1430. The van der Waals surface area contributed by atoms with Crippen LogP contribution in [0.1, 0.15) is 48.3 Å².